The lowest BCUT2D eigenvalue weighted by Crippen LogP contribution is -2.49. The maximum absolute atomic E-state index is 14.0. The summed E-state index contributed by atoms with van der Waals surface area (Å²) in [5.41, 5.74) is 2.26. The molecule has 3 aromatic rings. The monoisotopic (exact) mass is 567 g/mol. The number of benzene rings is 2. The second kappa shape index (κ2) is 13.6. The standard InChI is InChI=1S/C27H31ClFN5O.2ClH/c28-21-6-8-23(9-7-21)30-26-16-25(20-4-1-5-22(29)15-20)31-27(32-26)33-13-10-24(11-14-33)34-12-2-3-19(17-34)18-35;;/h1,4-9,15-16,19,24,35H,2-3,10-14,17-18H2,(H,30,31,32);2*1H. The molecule has 2 aromatic carbocycles. The molecule has 1 unspecified atom stereocenters. The lowest BCUT2D eigenvalue weighted by atomic mass is 9.94. The van der Waals surface area contributed by atoms with E-state index in [1.165, 1.54) is 12.1 Å². The molecule has 2 aliphatic heterocycles. The van der Waals surface area contributed by atoms with Gasteiger partial charge in [-0.25, -0.2) is 9.37 Å². The Labute approximate surface area is 235 Å². The van der Waals surface area contributed by atoms with Gasteiger partial charge in [-0.3, -0.25) is 4.90 Å². The summed E-state index contributed by atoms with van der Waals surface area (Å²) in [6.45, 7) is 4.10. The summed E-state index contributed by atoms with van der Waals surface area (Å²) in [4.78, 5) is 14.4. The highest BCUT2D eigenvalue weighted by molar-refractivity contribution is 6.30. The molecule has 1 atom stereocenters. The minimum absolute atomic E-state index is 0. The molecule has 2 aliphatic rings. The van der Waals surface area contributed by atoms with Crippen LogP contribution in [0.15, 0.2) is 54.6 Å². The Balaban J connectivity index is 0.00000190. The zero-order valence-corrected chi connectivity index (χ0v) is 22.9. The van der Waals surface area contributed by atoms with Crippen molar-refractivity contribution in [3.8, 4) is 11.3 Å². The van der Waals surface area contributed by atoms with Crippen molar-refractivity contribution in [3.63, 3.8) is 0 Å². The van der Waals surface area contributed by atoms with Crippen LogP contribution >= 0.6 is 36.4 Å². The highest BCUT2D eigenvalue weighted by Crippen LogP contribution is 2.29. The Morgan fingerprint density at radius 1 is 0.973 bits per heavy atom. The topological polar surface area (TPSA) is 64.5 Å². The van der Waals surface area contributed by atoms with E-state index in [0.29, 0.717) is 40.0 Å². The fourth-order valence-electron chi connectivity index (χ4n) is 5.13. The van der Waals surface area contributed by atoms with E-state index in [-0.39, 0.29) is 37.2 Å². The van der Waals surface area contributed by atoms with Gasteiger partial charge in [0.1, 0.15) is 11.6 Å². The molecule has 2 N–H and O–H groups in total. The van der Waals surface area contributed by atoms with E-state index in [2.05, 4.69) is 15.1 Å². The number of nitrogens with one attached hydrogen (secondary N) is 1. The summed E-state index contributed by atoms with van der Waals surface area (Å²) in [6, 6.07) is 16.3. The number of aliphatic hydroxyl groups excluding tert-OH is 1. The van der Waals surface area contributed by atoms with Crippen LogP contribution in [0.3, 0.4) is 0 Å². The number of piperidine rings is 2. The van der Waals surface area contributed by atoms with Gasteiger partial charge in [-0.1, -0.05) is 23.7 Å². The number of aromatic nitrogens is 2. The van der Waals surface area contributed by atoms with Crippen molar-refractivity contribution in [3.05, 3.63) is 65.4 Å². The molecule has 0 bridgehead atoms. The molecule has 0 amide bonds. The average molecular weight is 569 g/mol. The second-order valence-corrected chi connectivity index (χ2v) is 9.92. The highest BCUT2D eigenvalue weighted by atomic mass is 35.5. The van der Waals surface area contributed by atoms with Crippen molar-refractivity contribution < 1.29 is 9.50 Å². The number of aliphatic hydroxyl groups is 1. The molecule has 1 aromatic heterocycles. The van der Waals surface area contributed by atoms with Crippen molar-refractivity contribution in [2.75, 3.05) is 43.0 Å². The molecule has 6 nitrogen and oxygen atoms in total. The lowest BCUT2D eigenvalue weighted by Gasteiger charge is -2.42. The van der Waals surface area contributed by atoms with Crippen molar-refractivity contribution >= 4 is 53.9 Å². The summed E-state index contributed by atoms with van der Waals surface area (Å²) in [7, 11) is 0. The van der Waals surface area contributed by atoms with E-state index in [1.54, 1.807) is 6.07 Å². The molecule has 0 aliphatic carbocycles. The van der Waals surface area contributed by atoms with Gasteiger partial charge in [0.25, 0.3) is 0 Å². The first kappa shape index (κ1) is 29.4. The number of hydrogen-bond acceptors (Lipinski definition) is 6. The molecular formula is C27H33Cl3FN5O. The van der Waals surface area contributed by atoms with E-state index in [1.807, 2.05) is 36.4 Å². The number of rotatable bonds is 6. The molecule has 0 radical (unpaired) electrons. The second-order valence-electron chi connectivity index (χ2n) is 9.48. The maximum Gasteiger partial charge on any atom is 0.227 e. The fourth-order valence-corrected chi connectivity index (χ4v) is 5.25. The average Bonchev–Trinajstić information content (AvgIpc) is 2.90. The van der Waals surface area contributed by atoms with E-state index < -0.39 is 0 Å². The minimum Gasteiger partial charge on any atom is -0.396 e. The Kier molecular flexibility index (Phi) is 10.8. The summed E-state index contributed by atoms with van der Waals surface area (Å²) < 4.78 is 14.0. The van der Waals surface area contributed by atoms with Gasteiger partial charge in [-0.15, -0.1) is 24.8 Å². The minimum atomic E-state index is -0.293. The van der Waals surface area contributed by atoms with E-state index in [0.717, 1.165) is 57.5 Å². The summed E-state index contributed by atoms with van der Waals surface area (Å²) >= 11 is 6.03. The van der Waals surface area contributed by atoms with E-state index >= 15 is 0 Å². The quantitative estimate of drug-likeness (QED) is 0.369. The lowest BCUT2D eigenvalue weighted by molar-refractivity contribution is 0.0776. The van der Waals surface area contributed by atoms with Crippen LogP contribution in [-0.4, -0.2) is 58.8 Å². The van der Waals surface area contributed by atoms with Crippen LogP contribution in [0.5, 0.6) is 0 Å². The van der Waals surface area contributed by atoms with Crippen molar-refractivity contribution in [1.82, 2.24) is 14.9 Å². The van der Waals surface area contributed by atoms with Gasteiger partial charge in [0.2, 0.25) is 5.95 Å². The number of halogens is 4. The summed E-state index contributed by atoms with van der Waals surface area (Å²) in [6.07, 6.45) is 4.34. The molecular weight excluding hydrogens is 536 g/mol. The molecule has 5 rings (SSSR count). The SMILES string of the molecule is Cl.Cl.OCC1CCCN(C2CCN(c3nc(Nc4ccc(Cl)cc4)cc(-c4cccc(F)c4)n3)CC2)C1. The van der Waals surface area contributed by atoms with Crippen LogP contribution in [0.1, 0.15) is 25.7 Å². The molecule has 0 spiro atoms. The van der Waals surface area contributed by atoms with Crippen molar-refractivity contribution in [1.29, 1.82) is 0 Å². The summed E-state index contributed by atoms with van der Waals surface area (Å²) in [5, 5.41) is 13.6. The third-order valence-electron chi connectivity index (χ3n) is 7.02. The zero-order chi connectivity index (χ0) is 24.2. The summed E-state index contributed by atoms with van der Waals surface area (Å²) in [5.74, 6) is 1.40. The van der Waals surface area contributed by atoms with Crippen LogP contribution in [0.2, 0.25) is 5.02 Å². The third kappa shape index (κ3) is 7.45. The van der Waals surface area contributed by atoms with E-state index in [4.69, 9.17) is 21.6 Å². The normalized spacial score (nSPS) is 18.6. The highest BCUT2D eigenvalue weighted by Gasteiger charge is 2.29. The van der Waals surface area contributed by atoms with Crippen LogP contribution < -0.4 is 10.2 Å². The first-order chi connectivity index (χ1) is 17.1. The molecule has 3 heterocycles. The van der Waals surface area contributed by atoms with Gasteiger partial charge >= 0.3 is 0 Å². The van der Waals surface area contributed by atoms with Crippen LogP contribution in [0.4, 0.5) is 21.8 Å². The number of anilines is 3. The Hall–Kier alpha value is -2.16. The van der Waals surface area contributed by atoms with Crippen LogP contribution in [0, 0.1) is 11.7 Å². The van der Waals surface area contributed by atoms with Gasteiger partial charge in [0, 0.05) is 54.6 Å². The molecule has 0 saturated carbocycles. The van der Waals surface area contributed by atoms with Gasteiger partial charge in [-0.05, 0) is 74.5 Å². The Bertz CT molecular complexity index is 1150. The molecule has 10 heteroatoms. The number of nitrogens with zero attached hydrogens (tertiary/aromatic N) is 4. The first-order valence-corrected chi connectivity index (χ1v) is 12.7. The Morgan fingerprint density at radius 3 is 2.43 bits per heavy atom. The van der Waals surface area contributed by atoms with Gasteiger partial charge in [0.15, 0.2) is 0 Å². The van der Waals surface area contributed by atoms with Crippen molar-refractivity contribution in [2.45, 2.75) is 31.7 Å². The third-order valence-corrected chi connectivity index (χ3v) is 7.28. The maximum atomic E-state index is 14.0. The molecule has 37 heavy (non-hydrogen) atoms. The van der Waals surface area contributed by atoms with E-state index in [9.17, 15) is 9.50 Å². The zero-order valence-electron chi connectivity index (χ0n) is 20.5. The van der Waals surface area contributed by atoms with Gasteiger partial charge in [0.05, 0.1) is 5.69 Å². The number of likely N-dealkylation sites (tertiary alicyclic amines) is 1. The van der Waals surface area contributed by atoms with Gasteiger partial charge < -0.3 is 15.3 Å². The Morgan fingerprint density at radius 2 is 1.73 bits per heavy atom. The smallest absolute Gasteiger partial charge is 0.227 e. The van der Waals surface area contributed by atoms with Crippen LogP contribution in [-0.2, 0) is 0 Å². The first-order valence-electron chi connectivity index (χ1n) is 12.3. The molecule has 2 saturated heterocycles. The largest absolute Gasteiger partial charge is 0.396 e. The molecule has 2 fully saturated rings. The number of hydrogen-bond donors (Lipinski definition) is 2. The predicted octanol–water partition coefficient (Wildman–Crippen LogP) is 6.20. The van der Waals surface area contributed by atoms with Crippen LogP contribution in [0.25, 0.3) is 11.3 Å². The predicted molar refractivity (Wildman–Crippen MR) is 153 cm³/mol. The van der Waals surface area contributed by atoms with Gasteiger partial charge in [-0.2, -0.15) is 4.98 Å². The molecule has 200 valence electrons. The van der Waals surface area contributed by atoms with Crippen molar-refractivity contribution in [2.24, 2.45) is 5.92 Å². The fraction of sp³-hybridized carbons (Fsp3) is 0.407.